The summed E-state index contributed by atoms with van der Waals surface area (Å²) in [6.45, 7) is 12.6. The Morgan fingerprint density at radius 2 is 2.11 bits per heavy atom. The van der Waals surface area contributed by atoms with Crippen molar-refractivity contribution >= 4 is 0 Å². The maximum absolute atomic E-state index is 3.64. The summed E-state index contributed by atoms with van der Waals surface area (Å²) in [5, 5.41) is 3.64. The molecule has 2 nitrogen and oxygen atoms in total. The monoisotopic (exact) mass is 260 g/mol. The fourth-order valence-corrected chi connectivity index (χ4v) is 3.02. The third-order valence-electron chi connectivity index (χ3n) is 4.59. The first kappa shape index (κ1) is 14.5. The second kappa shape index (κ2) is 6.53. The van der Waals surface area contributed by atoms with Crippen molar-refractivity contribution in [3.63, 3.8) is 0 Å². The van der Waals surface area contributed by atoms with Crippen LogP contribution in [0.2, 0.25) is 0 Å². The van der Waals surface area contributed by atoms with Crippen molar-refractivity contribution in [2.24, 2.45) is 5.92 Å². The van der Waals surface area contributed by atoms with Gasteiger partial charge in [0.2, 0.25) is 0 Å². The van der Waals surface area contributed by atoms with E-state index in [1.165, 1.54) is 17.5 Å². The van der Waals surface area contributed by atoms with Gasteiger partial charge >= 0.3 is 0 Å². The number of aryl methyl sites for hydroxylation is 1. The lowest BCUT2D eigenvalue weighted by Crippen LogP contribution is -2.57. The molecule has 1 aromatic carbocycles. The van der Waals surface area contributed by atoms with Gasteiger partial charge in [0.15, 0.2) is 0 Å². The molecule has 2 heteroatoms. The summed E-state index contributed by atoms with van der Waals surface area (Å²) >= 11 is 0. The highest BCUT2D eigenvalue weighted by molar-refractivity contribution is 5.25. The molecule has 1 fully saturated rings. The molecule has 1 aliphatic rings. The number of piperazine rings is 1. The quantitative estimate of drug-likeness (QED) is 0.894. The summed E-state index contributed by atoms with van der Waals surface area (Å²) in [6.07, 6.45) is 1.25. The molecule has 1 aliphatic heterocycles. The minimum absolute atomic E-state index is 0.601. The molecule has 3 unspecified atom stereocenters. The third kappa shape index (κ3) is 3.58. The van der Waals surface area contributed by atoms with Crippen molar-refractivity contribution in [1.82, 2.24) is 10.2 Å². The highest BCUT2D eigenvalue weighted by atomic mass is 15.2. The Bertz CT molecular complexity index is 402. The van der Waals surface area contributed by atoms with Crippen LogP contribution < -0.4 is 5.32 Å². The van der Waals surface area contributed by atoms with E-state index in [2.05, 4.69) is 62.2 Å². The van der Waals surface area contributed by atoms with E-state index in [4.69, 9.17) is 0 Å². The molecule has 106 valence electrons. The van der Waals surface area contributed by atoms with Gasteiger partial charge in [0, 0.05) is 31.7 Å². The van der Waals surface area contributed by atoms with E-state index in [9.17, 15) is 0 Å². The van der Waals surface area contributed by atoms with Gasteiger partial charge in [-0.15, -0.1) is 0 Å². The molecule has 0 amide bonds. The van der Waals surface area contributed by atoms with Gasteiger partial charge in [0.1, 0.15) is 0 Å². The summed E-state index contributed by atoms with van der Waals surface area (Å²) in [6, 6.07) is 10.1. The molecule has 0 aromatic heterocycles. The maximum Gasteiger partial charge on any atom is 0.0250 e. The van der Waals surface area contributed by atoms with Gasteiger partial charge in [-0.2, -0.15) is 0 Å². The van der Waals surface area contributed by atoms with Crippen LogP contribution in [0.3, 0.4) is 0 Å². The molecule has 0 radical (unpaired) electrons. The van der Waals surface area contributed by atoms with Crippen LogP contribution in [-0.4, -0.2) is 30.1 Å². The predicted octanol–water partition coefficient (Wildman–Crippen LogP) is 3.20. The van der Waals surface area contributed by atoms with Crippen LogP contribution in [-0.2, 0) is 6.54 Å². The Balaban J connectivity index is 2.12. The van der Waals surface area contributed by atoms with E-state index in [-0.39, 0.29) is 0 Å². The van der Waals surface area contributed by atoms with E-state index in [0.29, 0.717) is 12.1 Å². The lowest BCUT2D eigenvalue weighted by Gasteiger charge is -2.42. The Morgan fingerprint density at radius 3 is 2.79 bits per heavy atom. The summed E-state index contributed by atoms with van der Waals surface area (Å²) in [7, 11) is 0. The minimum Gasteiger partial charge on any atom is -0.311 e. The Kier molecular flexibility index (Phi) is 5.00. The molecule has 0 spiro atoms. The topological polar surface area (TPSA) is 15.3 Å². The number of benzene rings is 1. The highest BCUT2D eigenvalue weighted by Gasteiger charge is 2.29. The second-order valence-electron chi connectivity index (χ2n) is 6.12. The average molecular weight is 260 g/mol. The molecular formula is C17H28N2. The van der Waals surface area contributed by atoms with Gasteiger partial charge in [-0.1, -0.05) is 44.5 Å². The van der Waals surface area contributed by atoms with E-state index in [1.807, 2.05) is 0 Å². The third-order valence-corrected chi connectivity index (χ3v) is 4.59. The molecule has 1 N–H and O–H groups in total. The van der Waals surface area contributed by atoms with Crippen molar-refractivity contribution in [3.05, 3.63) is 35.4 Å². The van der Waals surface area contributed by atoms with Crippen LogP contribution in [0.4, 0.5) is 0 Å². The molecule has 0 bridgehead atoms. The van der Waals surface area contributed by atoms with Gasteiger partial charge in [0.05, 0.1) is 0 Å². The molecule has 0 aliphatic carbocycles. The first-order valence-corrected chi connectivity index (χ1v) is 7.63. The first-order valence-electron chi connectivity index (χ1n) is 7.63. The molecule has 0 saturated carbocycles. The lowest BCUT2D eigenvalue weighted by molar-refractivity contribution is 0.0883. The molecular weight excluding hydrogens is 232 g/mol. The molecule has 2 rings (SSSR count). The normalized spacial score (nSPS) is 26.3. The highest BCUT2D eigenvalue weighted by Crippen LogP contribution is 2.21. The molecule has 1 aromatic rings. The van der Waals surface area contributed by atoms with Gasteiger partial charge in [-0.3, -0.25) is 4.90 Å². The fraction of sp³-hybridized carbons (Fsp3) is 0.647. The lowest BCUT2D eigenvalue weighted by atomic mass is 9.94. The molecule has 19 heavy (non-hydrogen) atoms. The fourth-order valence-electron chi connectivity index (χ4n) is 3.02. The van der Waals surface area contributed by atoms with Gasteiger partial charge in [-0.25, -0.2) is 0 Å². The smallest absolute Gasteiger partial charge is 0.0250 e. The van der Waals surface area contributed by atoms with Crippen LogP contribution in [0, 0.1) is 12.8 Å². The van der Waals surface area contributed by atoms with Gasteiger partial charge in [0.25, 0.3) is 0 Å². The summed E-state index contributed by atoms with van der Waals surface area (Å²) < 4.78 is 0. The van der Waals surface area contributed by atoms with Gasteiger partial charge in [-0.05, 0) is 30.9 Å². The maximum atomic E-state index is 3.64. The van der Waals surface area contributed by atoms with E-state index in [1.54, 1.807) is 0 Å². The zero-order valence-corrected chi connectivity index (χ0v) is 12.8. The van der Waals surface area contributed by atoms with Crippen LogP contribution >= 0.6 is 0 Å². The second-order valence-corrected chi connectivity index (χ2v) is 6.12. The molecule has 1 heterocycles. The van der Waals surface area contributed by atoms with Crippen LogP contribution in [0.15, 0.2) is 24.3 Å². The number of nitrogens with one attached hydrogen (secondary N) is 1. The Hall–Kier alpha value is -0.860. The summed E-state index contributed by atoms with van der Waals surface area (Å²) in [5.74, 6) is 0.754. The van der Waals surface area contributed by atoms with E-state index in [0.717, 1.165) is 25.6 Å². The predicted molar refractivity (Wildman–Crippen MR) is 82.3 cm³/mol. The SMILES string of the molecule is CCC(C)C1CNC(C)CN1Cc1ccccc1C. The summed E-state index contributed by atoms with van der Waals surface area (Å²) in [4.78, 5) is 2.68. The van der Waals surface area contributed by atoms with Crippen molar-refractivity contribution < 1.29 is 0 Å². The van der Waals surface area contributed by atoms with E-state index < -0.39 is 0 Å². The van der Waals surface area contributed by atoms with Crippen LogP contribution in [0.25, 0.3) is 0 Å². The zero-order chi connectivity index (χ0) is 13.8. The first-order chi connectivity index (χ1) is 9.11. The zero-order valence-electron chi connectivity index (χ0n) is 12.8. The average Bonchev–Trinajstić information content (AvgIpc) is 2.41. The Morgan fingerprint density at radius 1 is 1.37 bits per heavy atom. The van der Waals surface area contributed by atoms with E-state index >= 15 is 0 Å². The number of hydrogen-bond donors (Lipinski definition) is 1. The molecule has 1 saturated heterocycles. The number of nitrogens with zero attached hydrogens (tertiary/aromatic N) is 1. The van der Waals surface area contributed by atoms with Crippen molar-refractivity contribution in [2.45, 2.75) is 52.7 Å². The van der Waals surface area contributed by atoms with Crippen molar-refractivity contribution in [2.75, 3.05) is 13.1 Å². The molecule has 3 atom stereocenters. The largest absolute Gasteiger partial charge is 0.311 e. The van der Waals surface area contributed by atoms with Crippen LogP contribution in [0.1, 0.15) is 38.3 Å². The van der Waals surface area contributed by atoms with Crippen molar-refractivity contribution in [1.29, 1.82) is 0 Å². The number of rotatable bonds is 4. The van der Waals surface area contributed by atoms with Crippen molar-refractivity contribution in [3.8, 4) is 0 Å². The standard InChI is InChI=1S/C17H28N2/c1-5-13(2)17-10-18-15(4)11-19(17)12-16-9-7-6-8-14(16)3/h6-9,13,15,17-18H,5,10-12H2,1-4H3. The minimum atomic E-state index is 0.601. The Labute approximate surface area is 118 Å². The summed E-state index contributed by atoms with van der Waals surface area (Å²) in [5.41, 5.74) is 2.89. The number of hydrogen-bond acceptors (Lipinski definition) is 2. The van der Waals surface area contributed by atoms with Gasteiger partial charge < -0.3 is 5.32 Å². The van der Waals surface area contributed by atoms with Crippen LogP contribution in [0.5, 0.6) is 0 Å².